The van der Waals surface area contributed by atoms with Crippen molar-refractivity contribution in [1.82, 2.24) is 9.55 Å². The van der Waals surface area contributed by atoms with Crippen molar-refractivity contribution in [3.63, 3.8) is 0 Å². The summed E-state index contributed by atoms with van der Waals surface area (Å²) in [4.78, 5) is 30.1. The van der Waals surface area contributed by atoms with Crippen molar-refractivity contribution in [2.24, 2.45) is 0 Å². The molecule has 3 aromatic rings. The third-order valence-corrected chi connectivity index (χ3v) is 5.34. The van der Waals surface area contributed by atoms with E-state index in [0.29, 0.717) is 29.2 Å². The fourth-order valence-corrected chi connectivity index (χ4v) is 3.91. The molecule has 1 aliphatic heterocycles. The van der Waals surface area contributed by atoms with Gasteiger partial charge in [0.2, 0.25) is 0 Å². The van der Waals surface area contributed by atoms with Crippen molar-refractivity contribution in [3.05, 3.63) is 71.3 Å². The Labute approximate surface area is 180 Å². The summed E-state index contributed by atoms with van der Waals surface area (Å²) in [6, 6.07) is 13.0. The second-order valence-corrected chi connectivity index (χ2v) is 7.42. The molecule has 2 aromatic carbocycles. The van der Waals surface area contributed by atoms with E-state index in [2.05, 4.69) is 10.3 Å². The van der Waals surface area contributed by atoms with Gasteiger partial charge in [-0.3, -0.25) is 4.79 Å². The number of anilines is 1. The Bertz CT molecular complexity index is 1120. The average Bonchev–Trinajstić information content (AvgIpc) is 2.95. The lowest BCUT2D eigenvalue weighted by atomic mass is 10.1. The summed E-state index contributed by atoms with van der Waals surface area (Å²) in [7, 11) is 0. The Morgan fingerprint density at radius 2 is 1.97 bits per heavy atom. The van der Waals surface area contributed by atoms with Crippen LogP contribution in [0.4, 0.5) is 10.1 Å². The van der Waals surface area contributed by atoms with Gasteiger partial charge in [0.1, 0.15) is 17.3 Å². The van der Waals surface area contributed by atoms with Crippen molar-refractivity contribution < 1.29 is 18.7 Å². The predicted octanol–water partition coefficient (Wildman–Crippen LogP) is 4.84. The number of aromatic nitrogens is 2. The summed E-state index contributed by atoms with van der Waals surface area (Å²) in [6.07, 6.45) is 3.69. The number of benzene rings is 2. The topological polar surface area (TPSA) is 73.2 Å². The van der Waals surface area contributed by atoms with Crippen LogP contribution in [0.5, 0.6) is 0 Å². The number of fused-ring (bicyclic) bond motifs is 1. The van der Waals surface area contributed by atoms with E-state index in [4.69, 9.17) is 4.74 Å². The Morgan fingerprint density at radius 3 is 2.77 bits per heavy atom. The molecule has 1 amide bonds. The van der Waals surface area contributed by atoms with E-state index >= 15 is 0 Å². The zero-order valence-electron chi connectivity index (χ0n) is 17.4. The van der Waals surface area contributed by atoms with Crippen LogP contribution in [-0.2, 0) is 17.7 Å². The van der Waals surface area contributed by atoms with Crippen LogP contribution in [0.25, 0.3) is 11.4 Å². The van der Waals surface area contributed by atoms with Crippen molar-refractivity contribution in [2.45, 2.75) is 39.2 Å². The molecule has 2 heterocycles. The number of imidazole rings is 1. The van der Waals surface area contributed by atoms with Gasteiger partial charge in [-0.2, -0.15) is 0 Å². The summed E-state index contributed by atoms with van der Waals surface area (Å²) >= 11 is 0. The number of carbonyl (C=O) groups is 2. The molecule has 7 heteroatoms. The zero-order chi connectivity index (χ0) is 21.8. The molecular weight excluding hydrogens is 397 g/mol. The monoisotopic (exact) mass is 421 g/mol. The molecule has 0 radical (unpaired) electrons. The largest absolute Gasteiger partial charge is 0.462 e. The molecule has 0 bridgehead atoms. The van der Waals surface area contributed by atoms with Gasteiger partial charge in [-0.05, 0) is 50.5 Å². The average molecular weight is 421 g/mol. The number of hydrogen-bond acceptors (Lipinski definition) is 4. The predicted molar refractivity (Wildman–Crippen MR) is 116 cm³/mol. The Hall–Kier alpha value is -3.48. The lowest BCUT2D eigenvalue weighted by molar-refractivity contribution is 0.0527. The molecule has 0 spiro atoms. The molecule has 0 aliphatic carbocycles. The summed E-state index contributed by atoms with van der Waals surface area (Å²) < 4.78 is 21.0. The molecule has 31 heavy (non-hydrogen) atoms. The van der Waals surface area contributed by atoms with Crippen LogP contribution < -0.4 is 5.32 Å². The highest BCUT2D eigenvalue weighted by molar-refractivity contribution is 6.08. The maximum atomic E-state index is 13.8. The number of hydrogen-bond donors (Lipinski definition) is 1. The van der Waals surface area contributed by atoms with E-state index in [1.807, 2.05) is 4.57 Å². The molecule has 0 saturated carbocycles. The number of nitrogens with one attached hydrogen (secondary N) is 1. The normalized spacial score (nSPS) is 13.2. The molecule has 0 unspecified atom stereocenters. The summed E-state index contributed by atoms with van der Waals surface area (Å²) in [6.45, 7) is 2.70. The van der Waals surface area contributed by atoms with Crippen LogP contribution in [0.15, 0.2) is 48.5 Å². The highest BCUT2D eigenvalue weighted by Gasteiger charge is 2.25. The second-order valence-electron chi connectivity index (χ2n) is 7.42. The molecule has 1 N–H and O–H groups in total. The van der Waals surface area contributed by atoms with E-state index in [0.717, 1.165) is 31.5 Å². The molecule has 0 atom stereocenters. The van der Waals surface area contributed by atoms with Gasteiger partial charge in [-0.15, -0.1) is 0 Å². The van der Waals surface area contributed by atoms with Crippen molar-refractivity contribution in [2.75, 3.05) is 11.9 Å². The summed E-state index contributed by atoms with van der Waals surface area (Å²) in [5, 5.41) is 2.82. The SMILES string of the molecule is CCOC(=O)c1ccccc1NC(=O)c1nc(-c2cccc(F)c2)n2c1CCCCC2. The highest BCUT2D eigenvalue weighted by atomic mass is 19.1. The lowest BCUT2D eigenvalue weighted by Gasteiger charge is -2.11. The minimum absolute atomic E-state index is 0.243. The fourth-order valence-electron chi connectivity index (χ4n) is 3.91. The molecule has 1 aliphatic rings. The number of ether oxygens (including phenoxy) is 1. The Morgan fingerprint density at radius 1 is 1.13 bits per heavy atom. The van der Waals surface area contributed by atoms with Gasteiger partial charge in [0.25, 0.3) is 5.91 Å². The first kappa shape index (κ1) is 20.8. The van der Waals surface area contributed by atoms with Crippen LogP contribution >= 0.6 is 0 Å². The Kier molecular flexibility index (Phi) is 6.11. The summed E-state index contributed by atoms with van der Waals surface area (Å²) in [5.74, 6) is -0.661. The molecule has 4 rings (SSSR count). The third kappa shape index (κ3) is 4.35. The van der Waals surface area contributed by atoms with Crippen LogP contribution in [-0.4, -0.2) is 28.0 Å². The molecule has 6 nitrogen and oxygen atoms in total. The van der Waals surface area contributed by atoms with Gasteiger partial charge in [-0.25, -0.2) is 14.2 Å². The number of esters is 1. The molecule has 0 fully saturated rings. The number of para-hydroxylation sites is 1. The maximum absolute atomic E-state index is 13.8. The van der Waals surface area contributed by atoms with Gasteiger partial charge >= 0.3 is 5.97 Å². The smallest absolute Gasteiger partial charge is 0.340 e. The first-order valence-electron chi connectivity index (χ1n) is 10.5. The molecule has 0 saturated heterocycles. The number of halogens is 1. The first-order valence-corrected chi connectivity index (χ1v) is 10.5. The van der Waals surface area contributed by atoms with E-state index < -0.39 is 11.9 Å². The van der Waals surface area contributed by atoms with E-state index in [1.165, 1.54) is 12.1 Å². The van der Waals surface area contributed by atoms with E-state index in [1.54, 1.807) is 43.3 Å². The fraction of sp³-hybridized carbons (Fsp3) is 0.292. The Balaban J connectivity index is 1.72. The van der Waals surface area contributed by atoms with Crippen molar-refractivity contribution >= 4 is 17.6 Å². The minimum atomic E-state index is -0.498. The standard InChI is InChI=1S/C24H24FN3O3/c1-2-31-24(30)18-11-5-6-12-19(18)26-23(29)21-20-13-4-3-7-14-28(20)22(27-21)16-9-8-10-17(25)15-16/h5-6,8-12,15H,2-4,7,13-14H2,1H3,(H,26,29). The van der Waals surface area contributed by atoms with Crippen LogP contribution in [0.1, 0.15) is 52.7 Å². The van der Waals surface area contributed by atoms with Crippen LogP contribution in [0.2, 0.25) is 0 Å². The number of nitrogens with zero attached hydrogens (tertiary/aromatic N) is 2. The lowest BCUT2D eigenvalue weighted by Crippen LogP contribution is -2.18. The highest BCUT2D eigenvalue weighted by Crippen LogP contribution is 2.28. The van der Waals surface area contributed by atoms with Crippen molar-refractivity contribution in [1.29, 1.82) is 0 Å². The van der Waals surface area contributed by atoms with Crippen LogP contribution in [0, 0.1) is 5.82 Å². The first-order chi connectivity index (χ1) is 15.1. The maximum Gasteiger partial charge on any atom is 0.340 e. The zero-order valence-corrected chi connectivity index (χ0v) is 17.4. The third-order valence-electron chi connectivity index (χ3n) is 5.34. The second kappa shape index (κ2) is 9.12. The van der Waals surface area contributed by atoms with Gasteiger partial charge < -0.3 is 14.6 Å². The van der Waals surface area contributed by atoms with Gasteiger partial charge in [-0.1, -0.05) is 30.7 Å². The van der Waals surface area contributed by atoms with E-state index in [9.17, 15) is 14.0 Å². The minimum Gasteiger partial charge on any atom is -0.462 e. The summed E-state index contributed by atoms with van der Waals surface area (Å²) in [5.41, 5.74) is 2.43. The number of carbonyl (C=O) groups excluding carboxylic acids is 2. The number of rotatable bonds is 5. The van der Waals surface area contributed by atoms with Crippen molar-refractivity contribution in [3.8, 4) is 11.4 Å². The molecular formula is C24H24FN3O3. The quantitative estimate of drug-likeness (QED) is 0.598. The van der Waals surface area contributed by atoms with Gasteiger partial charge in [0, 0.05) is 12.1 Å². The number of amides is 1. The van der Waals surface area contributed by atoms with Gasteiger partial charge in [0.05, 0.1) is 23.6 Å². The van der Waals surface area contributed by atoms with E-state index in [-0.39, 0.29) is 18.0 Å². The molecule has 160 valence electrons. The van der Waals surface area contributed by atoms with Gasteiger partial charge in [0.15, 0.2) is 0 Å². The van der Waals surface area contributed by atoms with Crippen LogP contribution in [0.3, 0.4) is 0 Å². The molecule has 1 aromatic heterocycles.